The Bertz CT molecular complexity index is 1630. The van der Waals surface area contributed by atoms with Gasteiger partial charge in [0, 0.05) is 46.9 Å². The molecule has 0 spiro atoms. The highest BCUT2D eigenvalue weighted by molar-refractivity contribution is 6.08. The van der Waals surface area contributed by atoms with Gasteiger partial charge in [-0.25, -0.2) is 9.18 Å². The molecule has 1 fully saturated rings. The van der Waals surface area contributed by atoms with Gasteiger partial charge in [-0.05, 0) is 73.9 Å². The predicted molar refractivity (Wildman–Crippen MR) is 163 cm³/mol. The second-order valence-corrected chi connectivity index (χ2v) is 11.6. The number of nitrogens with two attached hydrogens (primary N) is 1. The number of ether oxygens (including phenoxy) is 2. The molecule has 0 unspecified atom stereocenters. The number of halogens is 1. The molecular weight excluding hydrogens is 533 g/mol. The summed E-state index contributed by atoms with van der Waals surface area (Å²) >= 11 is 0. The maximum absolute atomic E-state index is 14.1. The third-order valence-electron chi connectivity index (χ3n) is 7.66. The fraction of sp³-hybridized carbons (Fsp3) is 0.324. The maximum atomic E-state index is 14.1. The molecule has 0 radical (unpaired) electrons. The van der Waals surface area contributed by atoms with E-state index in [1.807, 2.05) is 45.0 Å². The van der Waals surface area contributed by atoms with Crippen LogP contribution >= 0.6 is 0 Å². The van der Waals surface area contributed by atoms with Gasteiger partial charge in [0.25, 0.3) is 0 Å². The van der Waals surface area contributed by atoms with E-state index >= 15 is 0 Å². The molecule has 3 aromatic carbocycles. The number of carbonyl (C=O) groups is 2. The molecule has 8 heteroatoms. The normalized spacial score (nSPS) is 14.1. The minimum atomic E-state index is -0.611. The molecule has 1 saturated heterocycles. The third-order valence-corrected chi connectivity index (χ3v) is 7.66. The molecule has 1 aliphatic rings. The number of nitrogens with zero attached hydrogens (tertiary/aromatic N) is 1. The Labute approximate surface area is 245 Å². The van der Waals surface area contributed by atoms with E-state index < -0.39 is 5.41 Å². The fourth-order valence-corrected chi connectivity index (χ4v) is 5.44. The van der Waals surface area contributed by atoms with Gasteiger partial charge >= 0.3 is 5.97 Å². The van der Waals surface area contributed by atoms with Gasteiger partial charge in [-0.1, -0.05) is 32.9 Å². The van der Waals surface area contributed by atoms with Crippen molar-refractivity contribution < 1.29 is 28.9 Å². The Morgan fingerprint density at radius 1 is 1.07 bits per heavy atom. The lowest BCUT2D eigenvalue weighted by atomic mass is 9.89. The standard InChI is InChI=1S/C34H36FN3O4/c1-5-42-32(39)23-8-6-21(7-9-23)30-27-19-28(37-33(40)34(2,3)4)24(20-36)18-29(27)38(26-12-10-25(35)11-13-26)31(30)22-14-16-41-17-15-22/h6-13,18-20,22,36H,5,14-17H2,1-4H3,(H,37,40)/p+1. The zero-order valence-electron chi connectivity index (χ0n) is 24.5. The smallest absolute Gasteiger partial charge is 0.338 e. The summed E-state index contributed by atoms with van der Waals surface area (Å²) in [4.78, 5) is 25.5. The summed E-state index contributed by atoms with van der Waals surface area (Å²) < 4.78 is 27.1. The molecule has 5 rings (SSSR count). The van der Waals surface area contributed by atoms with Crippen LogP contribution in [-0.4, -0.2) is 42.5 Å². The third kappa shape index (κ3) is 5.72. The van der Waals surface area contributed by atoms with Gasteiger partial charge < -0.3 is 19.4 Å². The van der Waals surface area contributed by atoms with E-state index in [0.717, 1.165) is 46.3 Å². The van der Waals surface area contributed by atoms with Crippen LogP contribution in [0.1, 0.15) is 68.1 Å². The van der Waals surface area contributed by atoms with Gasteiger partial charge in [0.15, 0.2) is 6.21 Å². The minimum Gasteiger partial charge on any atom is -0.462 e. The van der Waals surface area contributed by atoms with Crippen molar-refractivity contribution in [3.05, 3.63) is 83.3 Å². The highest BCUT2D eigenvalue weighted by atomic mass is 19.1. The van der Waals surface area contributed by atoms with Crippen LogP contribution in [0.5, 0.6) is 0 Å². The monoisotopic (exact) mass is 570 g/mol. The largest absolute Gasteiger partial charge is 0.462 e. The molecule has 7 nitrogen and oxygen atoms in total. The lowest BCUT2D eigenvalue weighted by Crippen LogP contribution is -2.32. The molecule has 2 heterocycles. The lowest BCUT2D eigenvalue weighted by molar-refractivity contribution is -0.123. The van der Waals surface area contributed by atoms with Gasteiger partial charge in [0.2, 0.25) is 5.91 Å². The number of rotatable bonds is 7. The van der Waals surface area contributed by atoms with Gasteiger partial charge in [-0.2, -0.15) is 0 Å². The number of aromatic nitrogens is 1. The number of benzene rings is 3. The van der Waals surface area contributed by atoms with E-state index in [1.54, 1.807) is 31.2 Å². The Kier molecular flexibility index (Phi) is 8.27. The van der Waals surface area contributed by atoms with Crippen molar-refractivity contribution in [1.82, 2.24) is 4.57 Å². The van der Waals surface area contributed by atoms with E-state index in [-0.39, 0.29) is 23.6 Å². The van der Waals surface area contributed by atoms with Crippen LogP contribution in [0.2, 0.25) is 0 Å². The highest BCUT2D eigenvalue weighted by Gasteiger charge is 2.30. The number of esters is 1. The van der Waals surface area contributed by atoms with Crippen LogP contribution in [0.25, 0.3) is 27.7 Å². The van der Waals surface area contributed by atoms with Crippen LogP contribution in [-0.2, 0) is 14.3 Å². The van der Waals surface area contributed by atoms with Crippen LogP contribution < -0.4 is 10.7 Å². The Balaban J connectivity index is 1.83. The summed E-state index contributed by atoms with van der Waals surface area (Å²) in [6.45, 7) is 8.91. The summed E-state index contributed by atoms with van der Waals surface area (Å²) in [5.41, 5.74) is 5.76. The first-order valence-corrected chi connectivity index (χ1v) is 14.3. The second-order valence-electron chi connectivity index (χ2n) is 11.6. The first kappa shape index (κ1) is 29.2. The molecule has 0 bridgehead atoms. The van der Waals surface area contributed by atoms with E-state index in [4.69, 9.17) is 14.9 Å². The Morgan fingerprint density at radius 2 is 1.74 bits per heavy atom. The quantitative estimate of drug-likeness (QED) is 0.221. The molecule has 1 aromatic heterocycles. The van der Waals surface area contributed by atoms with Crippen molar-refractivity contribution in [2.75, 3.05) is 25.1 Å². The molecule has 0 aliphatic carbocycles. The highest BCUT2D eigenvalue weighted by Crippen LogP contribution is 2.45. The van der Waals surface area contributed by atoms with Crippen molar-refractivity contribution in [3.8, 4) is 16.8 Å². The average molecular weight is 571 g/mol. The number of anilines is 1. The van der Waals surface area contributed by atoms with E-state index in [0.29, 0.717) is 36.6 Å². The van der Waals surface area contributed by atoms with Crippen molar-refractivity contribution >= 4 is 34.7 Å². The van der Waals surface area contributed by atoms with Crippen molar-refractivity contribution in [3.63, 3.8) is 0 Å². The summed E-state index contributed by atoms with van der Waals surface area (Å²) in [7, 11) is 0. The lowest BCUT2D eigenvalue weighted by Gasteiger charge is -2.26. The van der Waals surface area contributed by atoms with Crippen LogP contribution in [0, 0.1) is 11.2 Å². The molecule has 1 aliphatic heterocycles. The Morgan fingerprint density at radius 3 is 2.33 bits per heavy atom. The topological polar surface area (TPSA) is 95.2 Å². The van der Waals surface area contributed by atoms with Crippen LogP contribution in [0.3, 0.4) is 0 Å². The SMILES string of the molecule is CCOC(=O)c1ccc(-c2c(C3CCOCC3)n(-c3ccc(F)cc3)c3cc(C=[NH2+])c(NC(=O)C(C)(C)C)cc23)cc1. The number of hydrogen-bond acceptors (Lipinski definition) is 4. The van der Waals surface area contributed by atoms with E-state index in [9.17, 15) is 14.0 Å². The van der Waals surface area contributed by atoms with Gasteiger partial charge in [-0.3, -0.25) is 10.2 Å². The van der Waals surface area contributed by atoms with Crippen molar-refractivity contribution in [1.29, 1.82) is 0 Å². The number of amides is 1. The number of fused-ring (bicyclic) bond motifs is 1. The van der Waals surface area contributed by atoms with Gasteiger partial charge in [-0.15, -0.1) is 0 Å². The molecule has 3 N–H and O–H groups in total. The number of hydrogen-bond donors (Lipinski definition) is 2. The second kappa shape index (κ2) is 11.9. The summed E-state index contributed by atoms with van der Waals surface area (Å²) in [5, 5.41) is 10.1. The zero-order chi connectivity index (χ0) is 30.0. The first-order valence-electron chi connectivity index (χ1n) is 14.3. The first-order chi connectivity index (χ1) is 20.1. The molecule has 42 heavy (non-hydrogen) atoms. The molecular formula is C34H37FN3O4+. The van der Waals surface area contributed by atoms with E-state index in [2.05, 4.69) is 9.88 Å². The summed E-state index contributed by atoms with van der Waals surface area (Å²) in [6.07, 6.45) is 3.12. The van der Waals surface area contributed by atoms with E-state index in [1.165, 1.54) is 18.3 Å². The minimum absolute atomic E-state index is 0.132. The van der Waals surface area contributed by atoms with Crippen molar-refractivity contribution in [2.45, 2.75) is 46.5 Å². The number of carbonyl (C=O) groups excluding carboxylic acids is 2. The summed E-state index contributed by atoms with van der Waals surface area (Å²) in [5.74, 6) is -0.680. The molecule has 1 amide bonds. The summed E-state index contributed by atoms with van der Waals surface area (Å²) in [6, 6.07) is 17.8. The van der Waals surface area contributed by atoms with Gasteiger partial charge in [0.1, 0.15) is 5.82 Å². The number of nitrogens with one attached hydrogen (secondary N) is 1. The molecule has 0 atom stereocenters. The molecule has 4 aromatic rings. The van der Waals surface area contributed by atoms with Gasteiger partial charge in [0.05, 0.1) is 28.9 Å². The Hall–Kier alpha value is -4.30. The average Bonchev–Trinajstić information content (AvgIpc) is 3.31. The van der Waals surface area contributed by atoms with Crippen LogP contribution in [0.15, 0.2) is 60.7 Å². The predicted octanol–water partition coefficient (Wildman–Crippen LogP) is 5.67. The van der Waals surface area contributed by atoms with Crippen molar-refractivity contribution in [2.24, 2.45) is 5.41 Å². The molecule has 218 valence electrons. The van der Waals surface area contributed by atoms with Crippen LogP contribution in [0.4, 0.5) is 10.1 Å². The molecule has 0 saturated carbocycles. The zero-order valence-corrected chi connectivity index (χ0v) is 24.5. The maximum Gasteiger partial charge on any atom is 0.338 e. The fourth-order valence-electron chi connectivity index (χ4n) is 5.44.